The first-order chi connectivity index (χ1) is 13.0. The van der Waals surface area contributed by atoms with Crippen LogP contribution in [0.15, 0.2) is 0 Å². The molecule has 1 unspecified atom stereocenters. The molecule has 0 spiro atoms. The number of hydrogen-bond acceptors (Lipinski definition) is 12. The lowest BCUT2D eigenvalue weighted by Crippen LogP contribution is -2.65. The first kappa shape index (κ1) is 24.2. The van der Waals surface area contributed by atoms with Crippen molar-refractivity contribution in [2.75, 3.05) is 13.2 Å². The van der Waals surface area contributed by atoms with Gasteiger partial charge in [-0.3, -0.25) is 14.4 Å². The van der Waals surface area contributed by atoms with E-state index in [0.29, 0.717) is 0 Å². The number of esters is 2. The van der Waals surface area contributed by atoms with Gasteiger partial charge in [0.1, 0.15) is 43.0 Å². The van der Waals surface area contributed by atoms with Crippen LogP contribution < -0.4 is 16.8 Å². The summed E-state index contributed by atoms with van der Waals surface area (Å²) in [5.74, 6) is -2.70. The van der Waals surface area contributed by atoms with Crippen LogP contribution in [0.5, 0.6) is 0 Å². The van der Waals surface area contributed by atoms with Crippen molar-refractivity contribution in [1.82, 2.24) is 5.32 Å². The number of amides is 1. The highest BCUT2D eigenvalue weighted by Crippen LogP contribution is 2.22. The highest BCUT2D eigenvalue weighted by Gasteiger charge is 2.47. The molecule has 13 nitrogen and oxygen atoms in total. The van der Waals surface area contributed by atoms with Crippen molar-refractivity contribution in [1.29, 1.82) is 0 Å². The third kappa shape index (κ3) is 6.34. The second kappa shape index (κ2) is 10.6. The molecule has 13 heteroatoms. The summed E-state index contributed by atoms with van der Waals surface area (Å²) in [6.07, 6.45) is -7.18. The molecule has 9 N–H and O–H groups in total. The molecule has 162 valence electrons. The van der Waals surface area contributed by atoms with E-state index in [2.05, 4.69) is 5.32 Å². The molecule has 0 aromatic rings. The van der Waals surface area contributed by atoms with Gasteiger partial charge in [-0.1, -0.05) is 0 Å². The van der Waals surface area contributed by atoms with Gasteiger partial charge in [-0.2, -0.15) is 0 Å². The number of ether oxygens (including phenoxy) is 3. The molecular formula is C15H27N3O10. The summed E-state index contributed by atoms with van der Waals surface area (Å²) < 4.78 is 14.9. The molecule has 1 fully saturated rings. The Kier molecular flexibility index (Phi) is 9.16. The van der Waals surface area contributed by atoms with E-state index in [1.165, 1.54) is 6.92 Å². The van der Waals surface area contributed by atoms with Crippen molar-refractivity contribution in [3.63, 3.8) is 0 Å². The molecule has 0 radical (unpaired) electrons. The van der Waals surface area contributed by atoms with Crippen LogP contribution in [0.4, 0.5) is 0 Å². The summed E-state index contributed by atoms with van der Waals surface area (Å²) >= 11 is 0. The number of aliphatic hydroxyl groups excluding tert-OH is 4. The normalized spacial score (nSPS) is 30.6. The molecule has 8 atom stereocenters. The Morgan fingerprint density at radius 3 is 2.29 bits per heavy atom. The molecule has 0 aromatic carbocycles. The van der Waals surface area contributed by atoms with Crippen LogP contribution in [0.2, 0.25) is 0 Å². The maximum atomic E-state index is 12.1. The molecule has 0 saturated carbocycles. The monoisotopic (exact) mass is 409 g/mol. The number of carbonyl (C=O) groups is 3. The van der Waals surface area contributed by atoms with E-state index in [0.717, 1.165) is 6.92 Å². The fourth-order valence-corrected chi connectivity index (χ4v) is 2.31. The zero-order chi connectivity index (χ0) is 21.6. The number of aliphatic hydroxyl groups is 4. The second-order valence-electron chi connectivity index (χ2n) is 6.37. The Labute approximate surface area is 160 Å². The van der Waals surface area contributed by atoms with E-state index >= 15 is 0 Å². The van der Waals surface area contributed by atoms with Gasteiger partial charge in [-0.15, -0.1) is 0 Å². The minimum atomic E-state index is -1.61. The molecular weight excluding hydrogens is 382 g/mol. The van der Waals surface area contributed by atoms with Gasteiger partial charge in [0.05, 0.1) is 12.7 Å². The summed E-state index contributed by atoms with van der Waals surface area (Å²) in [4.78, 5) is 35.0. The van der Waals surface area contributed by atoms with Gasteiger partial charge in [0.25, 0.3) is 0 Å². The highest BCUT2D eigenvalue weighted by atomic mass is 16.7. The molecule has 1 saturated heterocycles. The molecule has 0 aromatic heterocycles. The first-order valence-corrected chi connectivity index (χ1v) is 8.45. The van der Waals surface area contributed by atoms with E-state index < -0.39 is 79.9 Å². The van der Waals surface area contributed by atoms with Crippen LogP contribution in [0.1, 0.15) is 13.8 Å². The number of hydrogen-bond donors (Lipinski definition) is 7. The topological polar surface area (TPSA) is 224 Å². The van der Waals surface area contributed by atoms with E-state index in [-0.39, 0.29) is 0 Å². The Hall–Kier alpha value is -1.87. The minimum Gasteiger partial charge on any atom is -0.462 e. The molecule has 1 amide bonds. The van der Waals surface area contributed by atoms with E-state index in [1.807, 2.05) is 0 Å². The largest absolute Gasteiger partial charge is 0.462 e. The zero-order valence-corrected chi connectivity index (χ0v) is 15.4. The SMILES string of the molecule is CC(=O)N[C@H]1C(OC(=O)[C@@H](N)COC(=O)[C@@H](N)[C@@H](C)O)O[C@H](CO)[C@H](O)[C@@H]1O. The Balaban J connectivity index is 2.74. The lowest BCUT2D eigenvalue weighted by Gasteiger charge is -2.41. The summed E-state index contributed by atoms with van der Waals surface area (Å²) in [7, 11) is 0. The molecule has 0 aliphatic carbocycles. The standard InChI is InChI=1S/C15H27N3O10/c1-5(20)9(17)14(25)26-4-7(16)13(24)28-15-10(18-6(2)21)12(23)11(22)8(3-19)27-15/h5,7-12,15,19-20,22-23H,3-4,16-17H2,1-2H3,(H,18,21)/t5-,7+,8-,9+,10-,11+,12-,15?/m1/s1. The van der Waals surface area contributed by atoms with Gasteiger partial charge in [-0.05, 0) is 6.92 Å². The smallest absolute Gasteiger partial charge is 0.328 e. The number of nitrogens with one attached hydrogen (secondary N) is 1. The third-order valence-electron chi connectivity index (χ3n) is 3.98. The lowest BCUT2D eigenvalue weighted by atomic mass is 9.97. The van der Waals surface area contributed by atoms with Crippen molar-refractivity contribution in [3.8, 4) is 0 Å². The average molecular weight is 409 g/mol. The van der Waals surface area contributed by atoms with Gasteiger partial charge in [0, 0.05) is 6.92 Å². The van der Waals surface area contributed by atoms with E-state index in [4.69, 9.17) is 25.7 Å². The van der Waals surface area contributed by atoms with Crippen molar-refractivity contribution >= 4 is 17.8 Å². The minimum absolute atomic E-state index is 0.603. The summed E-state index contributed by atoms with van der Waals surface area (Å²) in [6.45, 7) is 1.09. The maximum absolute atomic E-state index is 12.1. The fraction of sp³-hybridized carbons (Fsp3) is 0.800. The van der Waals surface area contributed by atoms with Gasteiger partial charge >= 0.3 is 11.9 Å². The number of carbonyl (C=O) groups excluding carboxylic acids is 3. The van der Waals surface area contributed by atoms with E-state index in [9.17, 15) is 34.8 Å². The van der Waals surface area contributed by atoms with Crippen LogP contribution in [-0.2, 0) is 28.6 Å². The van der Waals surface area contributed by atoms with Crippen molar-refractivity contribution in [2.45, 2.75) is 62.7 Å². The van der Waals surface area contributed by atoms with Crippen molar-refractivity contribution < 1.29 is 49.0 Å². The number of nitrogens with two attached hydrogens (primary N) is 2. The molecule has 1 heterocycles. The third-order valence-corrected chi connectivity index (χ3v) is 3.98. The molecule has 28 heavy (non-hydrogen) atoms. The maximum Gasteiger partial charge on any atom is 0.328 e. The molecule has 0 bridgehead atoms. The average Bonchev–Trinajstić information content (AvgIpc) is 2.63. The first-order valence-electron chi connectivity index (χ1n) is 8.45. The van der Waals surface area contributed by atoms with Crippen LogP contribution in [0, 0.1) is 0 Å². The molecule has 1 aliphatic heterocycles. The second-order valence-corrected chi connectivity index (χ2v) is 6.37. The van der Waals surface area contributed by atoms with Gasteiger partial charge < -0.3 is 51.4 Å². The van der Waals surface area contributed by atoms with E-state index in [1.54, 1.807) is 0 Å². The quantitative estimate of drug-likeness (QED) is 0.187. The Morgan fingerprint density at radius 1 is 1.18 bits per heavy atom. The van der Waals surface area contributed by atoms with Crippen molar-refractivity contribution in [2.24, 2.45) is 11.5 Å². The van der Waals surface area contributed by atoms with Gasteiger partial charge in [0.15, 0.2) is 0 Å². The number of rotatable bonds is 8. The summed E-state index contributed by atoms with van der Waals surface area (Å²) in [5, 5.41) is 40.7. The Bertz CT molecular complexity index is 560. The molecule has 1 aliphatic rings. The molecule has 1 rings (SSSR count). The van der Waals surface area contributed by atoms with Crippen LogP contribution >= 0.6 is 0 Å². The van der Waals surface area contributed by atoms with Crippen LogP contribution in [0.3, 0.4) is 0 Å². The summed E-state index contributed by atoms with van der Waals surface area (Å²) in [6, 6.07) is -4.13. The van der Waals surface area contributed by atoms with Crippen molar-refractivity contribution in [3.05, 3.63) is 0 Å². The van der Waals surface area contributed by atoms with Gasteiger partial charge in [0.2, 0.25) is 12.2 Å². The summed E-state index contributed by atoms with van der Waals surface area (Å²) in [5.41, 5.74) is 11.0. The fourth-order valence-electron chi connectivity index (χ4n) is 2.31. The Morgan fingerprint density at radius 2 is 1.79 bits per heavy atom. The predicted molar refractivity (Wildman–Crippen MR) is 90.0 cm³/mol. The van der Waals surface area contributed by atoms with Crippen LogP contribution in [0.25, 0.3) is 0 Å². The lowest BCUT2D eigenvalue weighted by molar-refractivity contribution is -0.264. The zero-order valence-electron chi connectivity index (χ0n) is 15.4. The predicted octanol–water partition coefficient (Wildman–Crippen LogP) is -4.95. The van der Waals surface area contributed by atoms with Crippen LogP contribution in [-0.4, -0.2) is 100 Å². The highest BCUT2D eigenvalue weighted by molar-refractivity contribution is 5.78. The van der Waals surface area contributed by atoms with Gasteiger partial charge in [-0.25, -0.2) is 0 Å².